The van der Waals surface area contributed by atoms with Crippen molar-refractivity contribution in [2.75, 3.05) is 5.75 Å². The molecule has 2 N–H and O–H groups in total. The molecule has 0 aromatic heterocycles. The summed E-state index contributed by atoms with van der Waals surface area (Å²) >= 11 is 1.83. The lowest BCUT2D eigenvalue weighted by molar-refractivity contribution is -0.385. The van der Waals surface area contributed by atoms with Gasteiger partial charge in [-0.15, -0.1) is 0 Å². The molecule has 2 aliphatic heterocycles. The van der Waals surface area contributed by atoms with E-state index in [2.05, 4.69) is 10.6 Å². The number of hydrogen-bond acceptors (Lipinski definition) is 6. The zero-order valence-corrected chi connectivity index (χ0v) is 14.3. The molecule has 0 aliphatic carbocycles. The Morgan fingerprint density at radius 2 is 2.12 bits per heavy atom. The van der Waals surface area contributed by atoms with E-state index in [-0.39, 0.29) is 36.0 Å². The number of carbonyl (C=O) groups excluding carboxylic acids is 2. The van der Waals surface area contributed by atoms with Crippen LogP contribution in [-0.4, -0.2) is 40.0 Å². The highest BCUT2D eigenvalue weighted by atomic mass is 32.2. The number of esters is 1. The fraction of sp³-hybridized carbons (Fsp3) is 0.500. The molecule has 0 bridgehead atoms. The third kappa shape index (κ3) is 4.22. The first-order valence-corrected chi connectivity index (χ1v) is 9.22. The number of thioether (sulfide) groups is 1. The minimum Gasteiger partial charge on any atom is -0.419 e. The molecule has 2 saturated heterocycles. The maximum atomic E-state index is 11.9. The monoisotopic (exact) mass is 365 g/mol. The highest BCUT2D eigenvalue weighted by Crippen LogP contribution is 2.33. The first-order valence-electron chi connectivity index (χ1n) is 8.17. The molecule has 2 heterocycles. The summed E-state index contributed by atoms with van der Waals surface area (Å²) in [5, 5.41) is 17.1. The fourth-order valence-corrected chi connectivity index (χ4v) is 4.67. The smallest absolute Gasteiger partial charge is 0.315 e. The Kier molecular flexibility index (Phi) is 5.42. The molecule has 1 aromatic rings. The molecule has 0 spiro atoms. The average molecular weight is 365 g/mol. The van der Waals surface area contributed by atoms with Crippen molar-refractivity contribution in [3.63, 3.8) is 0 Å². The number of fused-ring (bicyclic) bond motifs is 1. The van der Waals surface area contributed by atoms with Crippen molar-refractivity contribution >= 4 is 29.4 Å². The molecule has 2 amide bonds. The molecule has 1 aromatic carbocycles. The van der Waals surface area contributed by atoms with E-state index in [0.717, 1.165) is 18.6 Å². The first kappa shape index (κ1) is 17.5. The number of nitrogens with one attached hydrogen (secondary N) is 2. The third-order valence-corrected chi connectivity index (χ3v) is 5.85. The normalized spacial score (nSPS) is 24.3. The number of nitro benzene ring substituents is 1. The fourth-order valence-electron chi connectivity index (χ4n) is 3.13. The molecule has 8 nitrogen and oxygen atoms in total. The van der Waals surface area contributed by atoms with Gasteiger partial charge in [-0.05, 0) is 18.9 Å². The Labute approximate surface area is 148 Å². The van der Waals surface area contributed by atoms with E-state index in [1.807, 2.05) is 11.8 Å². The van der Waals surface area contributed by atoms with Gasteiger partial charge in [-0.25, -0.2) is 4.79 Å². The number of urea groups is 1. The number of carbonyl (C=O) groups is 2. The standard InChI is InChI=1S/C16H19N3O5S/c20-14(24-12-6-2-1-5-11(12)19(22)23)8-4-3-7-13-15-10(9-25-13)17-16(21)18-15/h1-2,5-6,10,13,15H,3-4,7-9H2,(H2,17,18,21)/t10-,13-,15-/m0/s1. The number of amides is 2. The predicted octanol–water partition coefficient (Wildman–Crippen LogP) is 2.23. The van der Waals surface area contributed by atoms with E-state index in [0.29, 0.717) is 11.7 Å². The van der Waals surface area contributed by atoms with Crippen molar-refractivity contribution in [1.82, 2.24) is 10.6 Å². The molecule has 0 radical (unpaired) electrons. The summed E-state index contributed by atoms with van der Waals surface area (Å²) in [6.45, 7) is 0. The zero-order valence-electron chi connectivity index (χ0n) is 13.5. The van der Waals surface area contributed by atoms with E-state index in [9.17, 15) is 19.7 Å². The van der Waals surface area contributed by atoms with Crippen molar-refractivity contribution < 1.29 is 19.2 Å². The Morgan fingerprint density at radius 3 is 2.92 bits per heavy atom. The summed E-state index contributed by atoms with van der Waals surface area (Å²) in [5.41, 5.74) is -0.214. The lowest BCUT2D eigenvalue weighted by atomic mass is 10.0. The maximum absolute atomic E-state index is 11.9. The van der Waals surface area contributed by atoms with Crippen LogP contribution in [0.5, 0.6) is 5.75 Å². The molecule has 25 heavy (non-hydrogen) atoms. The van der Waals surface area contributed by atoms with Gasteiger partial charge in [0, 0.05) is 23.5 Å². The minimum absolute atomic E-state index is 0.0218. The van der Waals surface area contributed by atoms with E-state index < -0.39 is 10.9 Å². The van der Waals surface area contributed by atoms with Crippen LogP contribution in [0.25, 0.3) is 0 Å². The summed E-state index contributed by atoms with van der Waals surface area (Å²) in [4.78, 5) is 33.6. The summed E-state index contributed by atoms with van der Waals surface area (Å²) in [5.74, 6) is 0.418. The van der Waals surface area contributed by atoms with Gasteiger partial charge >= 0.3 is 17.7 Å². The van der Waals surface area contributed by atoms with Gasteiger partial charge in [-0.3, -0.25) is 14.9 Å². The quantitative estimate of drug-likeness (QED) is 0.191. The van der Waals surface area contributed by atoms with Crippen LogP contribution in [0.2, 0.25) is 0 Å². The number of hydrogen-bond donors (Lipinski definition) is 2. The number of para-hydroxylation sites is 2. The Balaban J connectivity index is 1.40. The van der Waals surface area contributed by atoms with Gasteiger partial charge in [0.2, 0.25) is 5.75 Å². The zero-order chi connectivity index (χ0) is 17.8. The van der Waals surface area contributed by atoms with Crippen LogP contribution in [0, 0.1) is 10.1 Å². The lowest BCUT2D eigenvalue weighted by Crippen LogP contribution is -2.36. The number of nitro groups is 1. The largest absolute Gasteiger partial charge is 0.419 e. The van der Waals surface area contributed by atoms with Gasteiger partial charge in [0.15, 0.2) is 0 Å². The highest BCUT2D eigenvalue weighted by molar-refractivity contribution is 8.00. The van der Waals surface area contributed by atoms with E-state index in [4.69, 9.17) is 4.74 Å². The molecule has 3 atom stereocenters. The number of ether oxygens (including phenoxy) is 1. The maximum Gasteiger partial charge on any atom is 0.315 e. The number of nitrogens with zero attached hydrogens (tertiary/aromatic N) is 1. The second-order valence-electron chi connectivity index (χ2n) is 6.07. The Hall–Kier alpha value is -2.29. The van der Waals surface area contributed by atoms with Gasteiger partial charge in [0.1, 0.15) is 0 Å². The van der Waals surface area contributed by atoms with Gasteiger partial charge in [0.25, 0.3) is 0 Å². The van der Waals surface area contributed by atoms with Gasteiger partial charge in [-0.1, -0.05) is 18.6 Å². The Morgan fingerprint density at radius 1 is 1.32 bits per heavy atom. The number of rotatable bonds is 7. The highest BCUT2D eigenvalue weighted by Gasteiger charge is 2.42. The average Bonchev–Trinajstić information content (AvgIpc) is 3.11. The SMILES string of the molecule is O=C1N[C@H]2[C@H](CS[C@H]2CCCCC(=O)Oc2ccccc2[N+](=O)[O-])N1. The van der Waals surface area contributed by atoms with Crippen molar-refractivity contribution in [3.8, 4) is 5.75 Å². The van der Waals surface area contributed by atoms with Crippen LogP contribution >= 0.6 is 11.8 Å². The van der Waals surface area contributed by atoms with Crippen LogP contribution < -0.4 is 15.4 Å². The van der Waals surface area contributed by atoms with Crippen LogP contribution in [0.4, 0.5) is 10.5 Å². The van der Waals surface area contributed by atoms with Crippen LogP contribution in [0.3, 0.4) is 0 Å². The summed E-state index contributed by atoms with van der Waals surface area (Å²) in [6.07, 6.45) is 2.60. The summed E-state index contributed by atoms with van der Waals surface area (Å²) in [6, 6.07) is 6.10. The molecule has 2 fully saturated rings. The molecule has 0 saturated carbocycles. The molecule has 0 unspecified atom stereocenters. The van der Waals surface area contributed by atoms with E-state index >= 15 is 0 Å². The molecule has 134 valence electrons. The van der Waals surface area contributed by atoms with Crippen LogP contribution in [-0.2, 0) is 4.79 Å². The number of unbranched alkanes of at least 4 members (excludes halogenated alkanes) is 1. The van der Waals surface area contributed by atoms with Gasteiger partial charge < -0.3 is 15.4 Å². The van der Waals surface area contributed by atoms with Crippen molar-refractivity contribution in [2.45, 2.75) is 43.0 Å². The predicted molar refractivity (Wildman–Crippen MR) is 92.7 cm³/mol. The molecule has 3 rings (SSSR count). The van der Waals surface area contributed by atoms with E-state index in [1.165, 1.54) is 18.2 Å². The van der Waals surface area contributed by atoms with Crippen molar-refractivity contribution in [2.24, 2.45) is 0 Å². The molecule has 9 heteroatoms. The summed E-state index contributed by atoms with van der Waals surface area (Å²) in [7, 11) is 0. The van der Waals surface area contributed by atoms with E-state index in [1.54, 1.807) is 6.07 Å². The van der Waals surface area contributed by atoms with Gasteiger partial charge in [-0.2, -0.15) is 11.8 Å². The van der Waals surface area contributed by atoms with Crippen LogP contribution in [0.1, 0.15) is 25.7 Å². The molecule has 2 aliphatic rings. The Bertz CT molecular complexity index is 683. The third-order valence-electron chi connectivity index (χ3n) is 4.34. The second kappa shape index (κ2) is 7.73. The minimum atomic E-state index is -0.569. The van der Waals surface area contributed by atoms with Crippen LogP contribution in [0.15, 0.2) is 24.3 Å². The van der Waals surface area contributed by atoms with Gasteiger partial charge in [0.05, 0.1) is 17.0 Å². The molecular weight excluding hydrogens is 346 g/mol. The topological polar surface area (TPSA) is 111 Å². The van der Waals surface area contributed by atoms with Crippen molar-refractivity contribution in [3.05, 3.63) is 34.4 Å². The number of benzene rings is 1. The summed E-state index contributed by atoms with van der Waals surface area (Å²) < 4.78 is 5.11. The molecular formula is C16H19N3O5S. The lowest BCUT2D eigenvalue weighted by Gasteiger charge is -2.16. The van der Waals surface area contributed by atoms with Crippen molar-refractivity contribution in [1.29, 1.82) is 0 Å². The first-order chi connectivity index (χ1) is 12.0. The second-order valence-corrected chi connectivity index (χ2v) is 7.34.